The van der Waals surface area contributed by atoms with Crippen molar-refractivity contribution >= 4 is 34.5 Å². The molecule has 0 fully saturated rings. The van der Waals surface area contributed by atoms with Gasteiger partial charge in [-0.2, -0.15) is 10.2 Å². The molecule has 6 rings (SSSR count). The Morgan fingerprint density at radius 2 is 1.43 bits per heavy atom. The summed E-state index contributed by atoms with van der Waals surface area (Å²) in [7, 11) is 0. The second-order valence-electron chi connectivity index (χ2n) is 8.53. The first-order valence-corrected chi connectivity index (χ1v) is 12.3. The molecule has 37 heavy (non-hydrogen) atoms. The van der Waals surface area contributed by atoms with Crippen molar-refractivity contribution in [2.75, 3.05) is 5.43 Å². The summed E-state index contributed by atoms with van der Waals surface area (Å²) in [5.41, 5.74) is 9.82. The molecule has 0 radical (unpaired) electrons. The van der Waals surface area contributed by atoms with E-state index in [0.29, 0.717) is 10.8 Å². The number of hydrazone groups is 1. The normalized spacial score (nSPS) is 11.3. The molecule has 0 aliphatic rings. The van der Waals surface area contributed by atoms with Gasteiger partial charge < -0.3 is 0 Å². The second kappa shape index (κ2) is 10.1. The van der Waals surface area contributed by atoms with Gasteiger partial charge >= 0.3 is 0 Å². The number of rotatable bonds is 6. The fourth-order valence-electron chi connectivity index (χ4n) is 4.29. The van der Waals surface area contributed by atoms with Gasteiger partial charge in [-0.25, -0.2) is 9.67 Å². The highest BCUT2D eigenvalue weighted by Gasteiger charge is 2.12. The third kappa shape index (κ3) is 4.85. The third-order valence-electron chi connectivity index (χ3n) is 6.05. The molecule has 4 aromatic carbocycles. The number of aromatic nitrogens is 3. The van der Waals surface area contributed by atoms with E-state index in [1.807, 2.05) is 114 Å². The fraction of sp³-hybridized carbons (Fsp3) is 0. The highest BCUT2D eigenvalue weighted by molar-refractivity contribution is 6.31. The molecular formula is C31H22ClN5. The molecule has 5 nitrogen and oxygen atoms in total. The van der Waals surface area contributed by atoms with Gasteiger partial charge in [-0.05, 0) is 47.5 Å². The number of nitrogens with one attached hydrogen (secondary N) is 1. The van der Waals surface area contributed by atoms with Crippen molar-refractivity contribution in [1.82, 2.24) is 14.8 Å². The predicted molar refractivity (Wildman–Crippen MR) is 152 cm³/mol. The van der Waals surface area contributed by atoms with Crippen LogP contribution in [0.25, 0.3) is 39.0 Å². The molecule has 0 unspecified atom stereocenters. The Morgan fingerprint density at radius 3 is 2.16 bits per heavy atom. The lowest BCUT2D eigenvalue weighted by Gasteiger charge is -2.10. The highest BCUT2D eigenvalue weighted by Crippen LogP contribution is 2.32. The van der Waals surface area contributed by atoms with E-state index in [2.05, 4.69) is 22.7 Å². The number of pyridine rings is 1. The minimum absolute atomic E-state index is 0.640. The number of anilines is 1. The van der Waals surface area contributed by atoms with Crippen molar-refractivity contribution in [1.29, 1.82) is 0 Å². The Balaban J connectivity index is 1.37. The highest BCUT2D eigenvalue weighted by atomic mass is 35.5. The van der Waals surface area contributed by atoms with Gasteiger partial charge in [-0.1, -0.05) is 90.5 Å². The summed E-state index contributed by atoms with van der Waals surface area (Å²) in [6, 6.07) is 38.1. The first kappa shape index (κ1) is 22.7. The number of para-hydroxylation sites is 1. The molecule has 0 saturated carbocycles. The molecule has 0 bridgehead atoms. The van der Waals surface area contributed by atoms with Gasteiger partial charge in [0.05, 0.1) is 17.4 Å². The minimum atomic E-state index is 0.640. The number of halogens is 1. The third-order valence-corrected chi connectivity index (χ3v) is 6.28. The largest absolute Gasteiger partial charge is 0.261 e. The number of benzene rings is 4. The topological polar surface area (TPSA) is 55.1 Å². The average molecular weight is 500 g/mol. The van der Waals surface area contributed by atoms with E-state index < -0.39 is 0 Å². The lowest BCUT2D eigenvalue weighted by atomic mass is 10.0. The summed E-state index contributed by atoms with van der Waals surface area (Å²) < 4.78 is 1.87. The monoisotopic (exact) mass is 499 g/mol. The first-order chi connectivity index (χ1) is 18.2. The van der Waals surface area contributed by atoms with Crippen LogP contribution in [0.2, 0.25) is 5.02 Å². The van der Waals surface area contributed by atoms with Crippen molar-refractivity contribution < 1.29 is 0 Å². The van der Waals surface area contributed by atoms with E-state index in [0.717, 1.165) is 44.5 Å². The van der Waals surface area contributed by atoms with E-state index >= 15 is 0 Å². The van der Waals surface area contributed by atoms with Gasteiger partial charge in [0.2, 0.25) is 0 Å². The second-order valence-corrected chi connectivity index (χ2v) is 8.97. The number of fused-ring (bicyclic) bond motifs is 1. The zero-order chi connectivity index (χ0) is 25.0. The molecule has 0 saturated heterocycles. The van der Waals surface area contributed by atoms with Crippen LogP contribution in [0.15, 0.2) is 127 Å². The van der Waals surface area contributed by atoms with Crippen LogP contribution >= 0.6 is 11.6 Å². The number of hydrogen-bond acceptors (Lipinski definition) is 4. The molecule has 0 atom stereocenters. The van der Waals surface area contributed by atoms with Crippen molar-refractivity contribution in [3.63, 3.8) is 0 Å². The van der Waals surface area contributed by atoms with Gasteiger partial charge in [0, 0.05) is 27.7 Å². The molecule has 2 aromatic heterocycles. The van der Waals surface area contributed by atoms with Crippen molar-refractivity contribution in [2.24, 2.45) is 5.10 Å². The van der Waals surface area contributed by atoms with Crippen LogP contribution in [0.4, 0.5) is 5.82 Å². The van der Waals surface area contributed by atoms with E-state index in [1.165, 1.54) is 0 Å². The van der Waals surface area contributed by atoms with Gasteiger partial charge in [-0.3, -0.25) is 5.43 Å². The van der Waals surface area contributed by atoms with Crippen LogP contribution in [0.5, 0.6) is 0 Å². The van der Waals surface area contributed by atoms with Crippen LogP contribution in [0.1, 0.15) is 5.56 Å². The predicted octanol–water partition coefficient (Wildman–Crippen LogP) is 7.85. The lowest BCUT2D eigenvalue weighted by molar-refractivity contribution is 0.884. The number of nitrogens with zero attached hydrogens (tertiary/aromatic N) is 4. The van der Waals surface area contributed by atoms with Crippen molar-refractivity contribution in [3.05, 3.63) is 132 Å². The molecule has 1 N–H and O–H groups in total. The van der Waals surface area contributed by atoms with Crippen molar-refractivity contribution in [3.8, 4) is 28.1 Å². The van der Waals surface area contributed by atoms with Gasteiger partial charge in [0.25, 0.3) is 0 Å². The summed E-state index contributed by atoms with van der Waals surface area (Å²) in [6.07, 6.45) is 3.76. The van der Waals surface area contributed by atoms with Crippen LogP contribution in [-0.4, -0.2) is 21.0 Å². The standard InChI is InChI=1S/C31H22ClN5/c32-25-16-17-29-28(18-25)27(22-10-4-1-5-11-22)19-30(34-29)35-33-20-24-21-37(26-14-8-3-9-15-26)36-31(24)23-12-6-2-7-13-23/h1-21H,(H,34,35). The first-order valence-electron chi connectivity index (χ1n) is 11.9. The smallest absolute Gasteiger partial charge is 0.147 e. The zero-order valence-electron chi connectivity index (χ0n) is 19.8. The van der Waals surface area contributed by atoms with Crippen LogP contribution in [0, 0.1) is 0 Å². The maximum Gasteiger partial charge on any atom is 0.147 e. The Labute approximate surface area is 219 Å². The quantitative estimate of drug-likeness (QED) is 0.187. The molecular weight excluding hydrogens is 478 g/mol. The van der Waals surface area contributed by atoms with Crippen LogP contribution < -0.4 is 5.43 Å². The summed E-state index contributed by atoms with van der Waals surface area (Å²) in [5.74, 6) is 0.640. The summed E-state index contributed by atoms with van der Waals surface area (Å²) in [5, 5.41) is 11.1. The molecule has 2 heterocycles. The SMILES string of the molecule is Clc1ccc2nc(NN=Cc3cn(-c4ccccc4)nc3-c3ccccc3)cc(-c3ccccc3)c2c1. The average Bonchev–Trinajstić information content (AvgIpc) is 3.38. The molecule has 0 amide bonds. The van der Waals surface area contributed by atoms with E-state index in [9.17, 15) is 0 Å². The molecule has 0 spiro atoms. The van der Waals surface area contributed by atoms with E-state index in [-0.39, 0.29) is 0 Å². The Hall–Kier alpha value is -4.74. The molecule has 6 aromatic rings. The van der Waals surface area contributed by atoms with Gasteiger partial charge in [0.15, 0.2) is 0 Å². The summed E-state index contributed by atoms with van der Waals surface area (Å²) in [6.45, 7) is 0. The summed E-state index contributed by atoms with van der Waals surface area (Å²) >= 11 is 6.31. The Morgan fingerprint density at radius 1 is 0.757 bits per heavy atom. The molecule has 178 valence electrons. The van der Waals surface area contributed by atoms with Gasteiger partial charge in [-0.15, -0.1) is 0 Å². The summed E-state index contributed by atoms with van der Waals surface area (Å²) in [4.78, 5) is 4.76. The fourth-order valence-corrected chi connectivity index (χ4v) is 4.47. The zero-order valence-corrected chi connectivity index (χ0v) is 20.5. The Bertz CT molecular complexity index is 1690. The maximum atomic E-state index is 6.31. The minimum Gasteiger partial charge on any atom is -0.261 e. The van der Waals surface area contributed by atoms with Crippen LogP contribution in [-0.2, 0) is 0 Å². The van der Waals surface area contributed by atoms with Crippen molar-refractivity contribution in [2.45, 2.75) is 0 Å². The molecule has 0 aliphatic carbocycles. The van der Waals surface area contributed by atoms with E-state index in [1.54, 1.807) is 6.21 Å². The Kier molecular flexibility index (Phi) is 6.19. The van der Waals surface area contributed by atoms with E-state index in [4.69, 9.17) is 21.7 Å². The van der Waals surface area contributed by atoms with Crippen LogP contribution in [0.3, 0.4) is 0 Å². The number of hydrogen-bond donors (Lipinski definition) is 1. The maximum absolute atomic E-state index is 6.31. The van der Waals surface area contributed by atoms with Gasteiger partial charge in [0.1, 0.15) is 11.5 Å². The lowest BCUT2D eigenvalue weighted by Crippen LogP contribution is -1.96. The molecule has 0 aliphatic heterocycles. The molecule has 6 heteroatoms.